The Morgan fingerprint density at radius 1 is 1.36 bits per heavy atom. The number of aromatic amines is 1. The molecule has 14 heavy (non-hydrogen) atoms. The maximum Gasteiger partial charge on any atom is 0.0456 e. The van der Waals surface area contributed by atoms with E-state index < -0.39 is 5.97 Å². The van der Waals surface area contributed by atoms with Gasteiger partial charge in [-0.25, -0.2) is 0 Å². The first kappa shape index (κ1) is 8.81. The highest BCUT2D eigenvalue weighted by atomic mass is 16.4. The molecule has 2 aromatic rings. The first-order valence-corrected chi connectivity index (χ1v) is 4.52. The van der Waals surface area contributed by atoms with E-state index in [9.17, 15) is 9.90 Å². The molecule has 0 saturated heterocycles. The topological polar surface area (TPSA) is 55.9 Å². The van der Waals surface area contributed by atoms with Crippen LogP contribution in [0.15, 0.2) is 30.5 Å². The summed E-state index contributed by atoms with van der Waals surface area (Å²) in [4.78, 5) is 13.4. The molecule has 1 N–H and O–H groups in total. The maximum absolute atomic E-state index is 10.3. The predicted octanol–water partition coefficient (Wildman–Crippen LogP) is 0.850. The van der Waals surface area contributed by atoms with E-state index >= 15 is 0 Å². The molecular weight excluding hydrogens is 178 g/mol. The zero-order chi connectivity index (χ0) is 9.97. The number of hydrogen-bond donors (Lipinski definition) is 1. The maximum atomic E-state index is 10.3. The molecule has 1 aromatic heterocycles. The van der Waals surface area contributed by atoms with Gasteiger partial charge in [0.15, 0.2) is 0 Å². The van der Waals surface area contributed by atoms with Crippen LogP contribution in [-0.4, -0.2) is 11.0 Å². The Balaban J connectivity index is 2.29. The third kappa shape index (κ3) is 1.62. The monoisotopic (exact) mass is 188 g/mol. The van der Waals surface area contributed by atoms with Crippen molar-refractivity contribution in [3.8, 4) is 0 Å². The number of para-hydroxylation sites is 1. The number of carbonyl (C=O) groups is 1. The third-order valence-electron chi connectivity index (χ3n) is 2.27. The molecule has 3 heteroatoms. The van der Waals surface area contributed by atoms with Gasteiger partial charge in [-0.15, -0.1) is 0 Å². The van der Waals surface area contributed by atoms with E-state index in [0.717, 1.165) is 16.5 Å². The summed E-state index contributed by atoms with van der Waals surface area (Å²) in [5, 5.41) is 11.4. The second-order valence-electron chi connectivity index (χ2n) is 3.23. The van der Waals surface area contributed by atoms with E-state index in [0.29, 0.717) is 6.42 Å². The van der Waals surface area contributed by atoms with Gasteiger partial charge < -0.3 is 14.9 Å². The van der Waals surface area contributed by atoms with Gasteiger partial charge in [-0.05, 0) is 24.5 Å². The average molecular weight is 188 g/mol. The molecule has 0 amide bonds. The quantitative estimate of drug-likeness (QED) is 0.776. The Bertz CT molecular complexity index is 459. The van der Waals surface area contributed by atoms with Gasteiger partial charge >= 0.3 is 0 Å². The molecular formula is C11H10NO2-. The van der Waals surface area contributed by atoms with Crippen molar-refractivity contribution in [3.05, 3.63) is 36.0 Å². The average Bonchev–Trinajstić information content (AvgIpc) is 2.58. The number of hydrogen-bond acceptors (Lipinski definition) is 2. The van der Waals surface area contributed by atoms with Gasteiger partial charge in [-0.2, -0.15) is 0 Å². The van der Waals surface area contributed by atoms with Gasteiger partial charge in [-0.3, -0.25) is 0 Å². The van der Waals surface area contributed by atoms with Crippen molar-refractivity contribution >= 4 is 16.9 Å². The molecule has 0 saturated carbocycles. The number of aryl methyl sites for hydroxylation is 1. The summed E-state index contributed by atoms with van der Waals surface area (Å²) in [5.74, 6) is -1.00. The molecule has 0 atom stereocenters. The van der Waals surface area contributed by atoms with Crippen molar-refractivity contribution in [2.24, 2.45) is 0 Å². The molecule has 1 heterocycles. The molecule has 0 fully saturated rings. The van der Waals surface area contributed by atoms with Crippen LogP contribution in [-0.2, 0) is 11.2 Å². The lowest BCUT2D eigenvalue weighted by Crippen LogP contribution is -2.22. The van der Waals surface area contributed by atoms with Crippen LogP contribution in [0.5, 0.6) is 0 Å². The van der Waals surface area contributed by atoms with Crippen LogP contribution >= 0.6 is 0 Å². The molecule has 0 aliphatic rings. The van der Waals surface area contributed by atoms with Crippen LogP contribution in [0.3, 0.4) is 0 Å². The molecule has 0 aliphatic heterocycles. The highest BCUT2D eigenvalue weighted by Gasteiger charge is 2.01. The number of rotatable bonds is 3. The molecule has 0 aliphatic carbocycles. The van der Waals surface area contributed by atoms with Gasteiger partial charge in [0.1, 0.15) is 0 Å². The molecule has 2 rings (SSSR count). The Morgan fingerprint density at radius 3 is 2.93 bits per heavy atom. The normalized spacial score (nSPS) is 10.6. The standard InChI is InChI=1S/C11H11NO2/c13-11(14)6-5-8-7-12-10-4-2-1-3-9(8)10/h1-4,7,12H,5-6H2,(H,13,14)/p-1. The van der Waals surface area contributed by atoms with Crippen LogP contribution in [0.2, 0.25) is 0 Å². The summed E-state index contributed by atoms with van der Waals surface area (Å²) in [7, 11) is 0. The summed E-state index contributed by atoms with van der Waals surface area (Å²) in [5.41, 5.74) is 2.07. The predicted molar refractivity (Wildman–Crippen MR) is 51.6 cm³/mol. The van der Waals surface area contributed by atoms with Crippen molar-refractivity contribution < 1.29 is 9.90 Å². The fraction of sp³-hybridized carbons (Fsp3) is 0.182. The summed E-state index contributed by atoms with van der Waals surface area (Å²) in [6, 6.07) is 7.84. The summed E-state index contributed by atoms with van der Waals surface area (Å²) >= 11 is 0. The van der Waals surface area contributed by atoms with Gasteiger partial charge in [-0.1, -0.05) is 18.2 Å². The number of carbonyl (C=O) groups excluding carboxylic acids is 1. The Labute approximate surface area is 81.4 Å². The molecule has 0 unspecified atom stereocenters. The SMILES string of the molecule is O=C([O-])CCc1c[nH]c2ccccc12. The zero-order valence-electron chi connectivity index (χ0n) is 7.62. The van der Waals surface area contributed by atoms with Crippen LogP contribution in [0.1, 0.15) is 12.0 Å². The highest BCUT2D eigenvalue weighted by molar-refractivity contribution is 5.83. The number of carboxylic acid groups (broad SMARTS) is 1. The molecule has 1 aromatic carbocycles. The van der Waals surface area contributed by atoms with Crippen molar-refractivity contribution in [2.45, 2.75) is 12.8 Å². The van der Waals surface area contributed by atoms with E-state index in [1.807, 2.05) is 30.5 Å². The lowest BCUT2D eigenvalue weighted by molar-refractivity contribution is -0.305. The Hall–Kier alpha value is -1.77. The van der Waals surface area contributed by atoms with Crippen molar-refractivity contribution in [1.29, 1.82) is 0 Å². The lowest BCUT2D eigenvalue weighted by atomic mass is 10.1. The van der Waals surface area contributed by atoms with Crippen molar-refractivity contribution in [2.75, 3.05) is 0 Å². The number of aromatic nitrogens is 1. The van der Waals surface area contributed by atoms with E-state index in [-0.39, 0.29) is 6.42 Å². The van der Waals surface area contributed by atoms with E-state index in [1.54, 1.807) is 0 Å². The second-order valence-corrected chi connectivity index (χ2v) is 3.23. The zero-order valence-corrected chi connectivity index (χ0v) is 7.62. The molecule has 0 radical (unpaired) electrons. The number of benzene rings is 1. The van der Waals surface area contributed by atoms with Crippen LogP contribution in [0.4, 0.5) is 0 Å². The lowest BCUT2D eigenvalue weighted by Gasteiger charge is -2.00. The summed E-state index contributed by atoms with van der Waals surface area (Å²) < 4.78 is 0. The Kier molecular flexibility index (Phi) is 2.23. The number of fused-ring (bicyclic) bond motifs is 1. The molecule has 0 bridgehead atoms. The van der Waals surface area contributed by atoms with Gasteiger partial charge in [0.25, 0.3) is 0 Å². The van der Waals surface area contributed by atoms with E-state index in [1.165, 1.54) is 0 Å². The fourth-order valence-electron chi connectivity index (χ4n) is 1.58. The highest BCUT2D eigenvalue weighted by Crippen LogP contribution is 2.18. The molecule has 0 spiro atoms. The van der Waals surface area contributed by atoms with E-state index in [4.69, 9.17) is 0 Å². The van der Waals surface area contributed by atoms with Crippen LogP contribution < -0.4 is 5.11 Å². The third-order valence-corrected chi connectivity index (χ3v) is 2.27. The van der Waals surface area contributed by atoms with Gasteiger partial charge in [0, 0.05) is 23.1 Å². The first-order chi connectivity index (χ1) is 6.77. The Morgan fingerprint density at radius 2 is 2.14 bits per heavy atom. The number of aliphatic carboxylic acids is 1. The van der Waals surface area contributed by atoms with E-state index in [2.05, 4.69) is 4.98 Å². The largest absolute Gasteiger partial charge is 0.550 e. The van der Waals surface area contributed by atoms with Crippen molar-refractivity contribution in [3.63, 3.8) is 0 Å². The number of carboxylic acids is 1. The van der Waals surface area contributed by atoms with Gasteiger partial charge in [0.2, 0.25) is 0 Å². The van der Waals surface area contributed by atoms with Crippen LogP contribution in [0, 0.1) is 0 Å². The smallest absolute Gasteiger partial charge is 0.0456 e. The fourth-order valence-corrected chi connectivity index (χ4v) is 1.58. The van der Waals surface area contributed by atoms with Crippen molar-refractivity contribution in [1.82, 2.24) is 4.98 Å². The molecule has 72 valence electrons. The number of H-pyrrole nitrogens is 1. The summed E-state index contributed by atoms with van der Waals surface area (Å²) in [6.07, 6.45) is 2.45. The first-order valence-electron chi connectivity index (χ1n) is 4.52. The summed E-state index contributed by atoms with van der Waals surface area (Å²) in [6.45, 7) is 0. The minimum absolute atomic E-state index is 0.0713. The minimum atomic E-state index is -1.00. The minimum Gasteiger partial charge on any atom is -0.550 e. The molecule has 3 nitrogen and oxygen atoms in total. The van der Waals surface area contributed by atoms with Gasteiger partial charge in [0.05, 0.1) is 0 Å². The second kappa shape index (κ2) is 3.54. The number of nitrogens with one attached hydrogen (secondary N) is 1. The van der Waals surface area contributed by atoms with Crippen LogP contribution in [0.25, 0.3) is 10.9 Å².